The topological polar surface area (TPSA) is 36.0 Å². The molecule has 5 heteroatoms. The van der Waals surface area contributed by atoms with Gasteiger partial charge in [-0.25, -0.2) is 0 Å². The SMILES string of the molecule is COc1ccccc1CN1CCN(C(=O)CN2CCC(/C=C/c3ccccc3)CC2)CC1. The standard InChI is InChI=1S/C27H35N3O2/c1-32-26-10-6-5-9-25(26)21-29-17-19-30(20-18-29)27(31)22-28-15-13-24(14-16-28)12-11-23-7-3-2-4-8-23/h2-12,24H,13-22H2,1H3/b12-11+. The largest absolute Gasteiger partial charge is 0.496 e. The minimum absolute atomic E-state index is 0.278. The molecule has 2 heterocycles. The lowest BCUT2D eigenvalue weighted by Gasteiger charge is -2.37. The number of carbonyl (C=O) groups is 1. The van der Waals surface area contributed by atoms with Crippen LogP contribution in [0.25, 0.3) is 6.08 Å². The highest BCUT2D eigenvalue weighted by atomic mass is 16.5. The second-order valence-corrected chi connectivity index (χ2v) is 8.85. The Balaban J connectivity index is 1.17. The van der Waals surface area contributed by atoms with Crippen LogP contribution in [0.1, 0.15) is 24.0 Å². The third-order valence-corrected chi connectivity index (χ3v) is 6.66. The first kappa shape index (κ1) is 22.6. The van der Waals surface area contributed by atoms with Crippen molar-refractivity contribution in [3.63, 3.8) is 0 Å². The summed E-state index contributed by atoms with van der Waals surface area (Å²) < 4.78 is 5.48. The summed E-state index contributed by atoms with van der Waals surface area (Å²) in [4.78, 5) is 19.6. The van der Waals surface area contributed by atoms with Crippen molar-refractivity contribution in [3.05, 3.63) is 71.8 Å². The fourth-order valence-corrected chi connectivity index (χ4v) is 4.64. The third kappa shape index (κ3) is 6.21. The van der Waals surface area contributed by atoms with Crippen molar-refractivity contribution in [2.75, 3.05) is 52.9 Å². The van der Waals surface area contributed by atoms with Crippen molar-refractivity contribution in [2.24, 2.45) is 5.92 Å². The number of ether oxygens (including phenoxy) is 1. The fourth-order valence-electron chi connectivity index (χ4n) is 4.64. The van der Waals surface area contributed by atoms with Gasteiger partial charge in [-0.15, -0.1) is 0 Å². The Morgan fingerprint density at radius 2 is 1.59 bits per heavy atom. The van der Waals surface area contributed by atoms with Crippen LogP contribution in [-0.4, -0.2) is 73.5 Å². The zero-order chi connectivity index (χ0) is 22.2. The van der Waals surface area contributed by atoms with E-state index in [0.29, 0.717) is 12.5 Å². The van der Waals surface area contributed by atoms with E-state index in [0.717, 1.165) is 64.4 Å². The Bertz CT molecular complexity index is 883. The molecular formula is C27H35N3O2. The van der Waals surface area contributed by atoms with E-state index in [1.54, 1.807) is 7.11 Å². The number of para-hydroxylation sites is 1. The number of rotatable bonds is 7. The highest BCUT2D eigenvalue weighted by Crippen LogP contribution is 2.21. The van der Waals surface area contributed by atoms with Gasteiger partial charge in [0, 0.05) is 38.3 Å². The van der Waals surface area contributed by atoms with Gasteiger partial charge in [-0.3, -0.25) is 14.6 Å². The second-order valence-electron chi connectivity index (χ2n) is 8.85. The van der Waals surface area contributed by atoms with Crippen LogP contribution >= 0.6 is 0 Å². The van der Waals surface area contributed by atoms with Gasteiger partial charge in [0.15, 0.2) is 0 Å². The predicted octanol–water partition coefficient (Wildman–Crippen LogP) is 3.76. The number of benzene rings is 2. The van der Waals surface area contributed by atoms with Crippen LogP contribution in [0.4, 0.5) is 0 Å². The van der Waals surface area contributed by atoms with Gasteiger partial charge in [0.05, 0.1) is 13.7 Å². The molecule has 32 heavy (non-hydrogen) atoms. The summed E-state index contributed by atoms with van der Waals surface area (Å²) in [7, 11) is 1.72. The van der Waals surface area contributed by atoms with E-state index in [4.69, 9.17) is 4.74 Å². The minimum atomic E-state index is 0.278. The third-order valence-electron chi connectivity index (χ3n) is 6.66. The van der Waals surface area contributed by atoms with Crippen LogP contribution < -0.4 is 4.74 Å². The van der Waals surface area contributed by atoms with Gasteiger partial charge in [0.25, 0.3) is 0 Å². The quantitative estimate of drug-likeness (QED) is 0.666. The first-order valence-electron chi connectivity index (χ1n) is 11.8. The van der Waals surface area contributed by atoms with Gasteiger partial charge in [-0.2, -0.15) is 0 Å². The lowest BCUT2D eigenvalue weighted by molar-refractivity contribution is -0.134. The first-order valence-corrected chi connectivity index (χ1v) is 11.8. The number of allylic oxidation sites excluding steroid dienone is 1. The number of nitrogens with zero attached hydrogens (tertiary/aromatic N) is 3. The molecule has 5 nitrogen and oxygen atoms in total. The van der Waals surface area contributed by atoms with Crippen LogP contribution in [0, 0.1) is 5.92 Å². The highest BCUT2D eigenvalue weighted by molar-refractivity contribution is 5.78. The summed E-state index contributed by atoms with van der Waals surface area (Å²) >= 11 is 0. The van der Waals surface area contributed by atoms with E-state index in [2.05, 4.69) is 58.4 Å². The second kappa shape index (κ2) is 11.3. The van der Waals surface area contributed by atoms with Crippen molar-refractivity contribution in [2.45, 2.75) is 19.4 Å². The maximum absolute atomic E-state index is 12.9. The van der Waals surface area contributed by atoms with E-state index < -0.39 is 0 Å². The summed E-state index contributed by atoms with van der Waals surface area (Å²) in [6.07, 6.45) is 6.83. The van der Waals surface area contributed by atoms with Crippen molar-refractivity contribution in [3.8, 4) is 5.75 Å². The highest BCUT2D eigenvalue weighted by Gasteiger charge is 2.25. The molecule has 0 atom stereocenters. The lowest BCUT2D eigenvalue weighted by Crippen LogP contribution is -2.51. The minimum Gasteiger partial charge on any atom is -0.496 e. The van der Waals surface area contributed by atoms with E-state index >= 15 is 0 Å². The van der Waals surface area contributed by atoms with Gasteiger partial charge in [0.1, 0.15) is 5.75 Å². The Morgan fingerprint density at radius 3 is 2.31 bits per heavy atom. The van der Waals surface area contributed by atoms with E-state index in [1.807, 2.05) is 23.1 Å². The van der Waals surface area contributed by atoms with E-state index in [9.17, 15) is 4.79 Å². The summed E-state index contributed by atoms with van der Waals surface area (Å²) in [5.41, 5.74) is 2.47. The zero-order valence-corrected chi connectivity index (χ0v) is 19.2. The molecule has 170 valence electrons. The molecule has 2 aliphatic heterocycles. The number of piperazine rings is 1. The molecule has 0 aliphatic carbocycles. The summed E-state index contributed by atoms with van der Waals surface area (Å²) in [5, 5.41) is 0. The Hall–Kier alpha value is -2.63. The molecule has 4 rings (SSSR count). The average molecular weight is 434 g/mol. The number of carbonyl (C=O) groups excluding carboxylic acids is 1. The number of methoxy groups -OCH3 is 1. The lowest BCUT2D eigenvalue weighted by atomic mass is 9.95. The van der Waals surface area contributed by atoms with Crippen molar-refractivity contribution in [1.82, 2.24) is 14.7 Å². The number of likely N-dealkylation sites (tertiary alicyclic amines) is 1. The molecule has 0 unspecified atom stereocenters. The maximum atomic E-state index is 12.9. The van der Waals surface area contributed by atoms with Gasteiger partial charge in [-0.05, 0) is 43.5 Å². The fraction of sp³-hybridized carbons (Fsp3) is 0.444. The molecule has 0 bridgehead atoms. The van der Waals surface area contributed by atoms with Crippen LogP contribution in [0.2, 0.25) is 0 Å². The molecule has 0 radical (unpaired) electrons. The van der Waals surface area contributed by atoms with Crippen molar-refractivity contribution < 1.29 is 9.53 Å². The molecule has 0 N–H and O–H groups in total. The summed E-state index contributed by atoms with van der Waals surface area (Å²) in [6, 6.07) is 18.7. The molecule has 2 saturated heterocycles. The predicted molar refractivity (Wildman–Crippen MR) is 129 cm³/mol. The monoisotopic (exact) mass is 433 g/mol. The van der Waals surface area contributed by atoms with Crippen LogP contribution in [0.15, 0.2) is 60.7 Å². The van der Waals surface area contributed by atoms with Gasteiger partial charge in [0.2, 0.25) is 5.91 Å². The molecule has 0 spiro atoms. The van der Waals surface area contributed by atoms with Crippen LogP contribution in [0.3, 0.4) is 0 Å². The number of hydrogen-bond acceptors (Lipinski definition) is 4. The number of hydrogen-bond donors (Lipinski definition) is 0. The van der Waals surface area contributed by atoms with Gasteiger partial charge in [-0.1, -0.05) is 60.7 Å². The summed E-state index contributed by atoms with van der Waals surface area (Å²) in [5.74, 6) is 1.83. The normalized spacial score (nSPS) is 18.8. The molecule has 1 amide bonds. The molecule has 2 aromatic carbocycles. The van der Waals surface area contributed by atoms with Crippen LogP contribution in [-0.2, 0) is 11.3 Å². The molecular weight excluding hydrogens is 398 g/mol. The summed E-state index contributed by atoms with van der Waals surface area (Å²) in [6.45, 7) is 6.88. The smallest absolute Gasteiger partial charge is 0.236 e. The first-order chi connectivity index (χ1) is 15.7. The molecule has 0 aromatic heterocycles. The van der Waals surface area contributed by atoms with Gasteiger partial charge < -0.3 is 9.64 Å². The number of amides is 1. The molecule has 2 aliphatic rings. The molecule has 2 fully saturated rings. The van der Waals surface area contributed by atoms with E-state index in [-0.39, 0.29) is 5.91 Å². The van der Waals surface area contributed by atoms with Crippen molar-refractivity contribution in [1.29, 1.82) is 0 Å². The number of piperidine rings is 1. The zero-order valence-electron chi connectivity index (χ0n) is 19.2. The molecule has 0 saturated carbocycles. The maximum Gasteiger partial charge on any atom is 0.236 e. The van der Waals surface area contributed by atoms with Gasteiger partial charge >= 0.3 is 0 Å². The van der Waals surface area contributed by atoms with Crippen molar-refractivity contribution >= 4 is 12.0 Å². The Morgan fingerprint density at radius 1 is 0.906 bits per heavy atom. The van der Waals surface area contributed by atoms with Crippen LogP contribution in [0.5, 0.6) is 5.75 Å². The molecule has 2 aromatic rings. The Kier molecular flexibility index (Phi) is 7.97. The average Bonchev–Trinajstić information content (AvgIpc) is 2.85. The Labute approximate surface area is 192 Å². The van der Waals surface area contributed by atoms with E-state index in [1.165, 1.54) is 11.1 Å².